The van der Waals surface area contributed by atoms with Gasteiger partial charge in [-0.3, -0.25) is 14.9 Å². The molecule has 1 fully saturated rings. The predicted octanol–water partition coefficient (Wildman–Crippen LogP) is 1.10. The van der Waals surface area contributed by atoms with Gasteiger partial charge in [-0.15, -0.1) is 0 Å². The van der Waals surface area contributed by atoms with Crippen LogP contribution in [0.15, 0.2) is 18.2 Å². The van der Waals surface area contributed by atoms with Crippen LogP contribution >= 0.6 is 0 Å². The molecule has 0 saturated carbocycles. The van der Waals surface area contributed by atoms with Gasteiger partial charge in [0.25, 0.3) is 11.6 Å². The Balaban J connectivity index is 2.04. The second-order valence-corrected chi connectivity index (χ2v) is 6.47. The summed E-state index contributed by atoms with van der Waals surface area (Å²) in [5.74, 6) is 1.38. The summed E-state index contributed by atoms with van der Waals surface area (Å²) in [7, 11) is 1.44. The van der Waals surface area contributed by atoms with E-state index in [0.29, 0.717) is 24.1 Å². The van der Waals surface area contributed by atoms with E-state index in [1.165, 1.54) is 30.6 Å². The molecule has 7 nitrogen and oxygen atoms in total. The number of anilines is 1. The second-order valence-electron chi connectivity index (χ2n) is 6.47. The number of nitrogens with one attached hydrogen (secondary N) is 2. The number of nitro benzene ring substituents is 1. The monoisotopic (exact) mass is 322 g/mol. The fourth-order valence-electron chi connectivity index (χ4n) is 3.38. The van der Waals surface area contributed by atoms with E-state index in [-0.39, 0.29) is 17.3 Å². The number of nitro groups is 1. The van der Waals surface area contributed by atoms with Gasteiger partial charge in [0.05, 0.1) is 31.2 Å². The largest absolute Gasteiger partial charge is 0.496 e. The highest BCUT2D eigenvalue weighted by Crippen LogP contribution is 2.28. The van der Waals surface area contributed by atoms with Crippen molar-refractivity contribution in [1.29, 1.82) is 0 Å². The van der Waals surface area contributed by atoms with Crippen LogP contribution in [0.2, 0.25) is 0 Å². The van der Waals surface area contributed by atoms with E-state index in [0.717, 1.165) is 13.1 Å². The molecular weight excluding hydrogens is 298 g/mol. The lowest BCUT2D eigenvalue weighted by molar-refractivity contribution is -0.904. The van der Waals surface area contributed by atoms with Crippen LogP contribution in [0.3, 0.4) is 0 Å². The molecule has 7 heteroatoms. The summed E-state index contributed by atoms with van der Waals surface area (Å²) in [5.41, 5.74) is 0.0476. The molecule has 126 valence electrons. The minimum atomic E-state index is -0.518. The molecule has 1 amide bonds. The molecule has 1 heterocycles. The predicted molar refractivity (Wildman–Crippen MR) is 86.8 cm³/mol. The van der Waals surface area contributed by atoms with Gasteiger partial charge >= 0.3 is 0 Å². The normalized spacial score (nSPS) is 24.0. The molecule has 1 aliphatic rings. The Bertz CT molecular complexity index is 581. The Morgan fingerprint density at radius 2 is 2.04 bits per heavy atom. The highest BCUT2D eigenvalue weighted by Gasteiger charge is 2.27. The first-order valence-corrected chi connectivity index (χ1v) is 7.85. The number of carbonyl (C=O) groups is 1. The van der Waals surface area contributed by atoms with Crippen molar-refractivity contribution < 1.29 is 19.4 Å². The molecule has 0 aromatic heterocycles. The third-order valence-corrected chi connectivity index (χ3v) is 4.17. The number of benzene rings is 1. The number of piperidine rings is 1. The number of methoxy groups -OCH3 is 1. The molecule has 0 spiro atoms. The van der Waals surface area contributed by atoms with Crippen LogP contribution in [0.5, 0.6) is 5.75 Å². The molecule has 0 radical (unpaired) electrons. The molecule has 23 heavy (non-hydrogen) atoms. The lowest BCUT2D eigenvalue weighted by Gasteiger charge is -2.31. The highest BCUT2D eigenvalue weighted by molar-refractivity contribution is 5.93. The van der Waals surface area contributed by atoms with E-state index in [1.807, 2.05) is 0 Å². The number of likely N-dealkylation sites (tertiary alicyclic amines) is 1. The summed E-state index contributed by atoms with van der Waals surface area (Å²) in [4.78, 5) is 24.1. The Hall–Kier alpha value is -2.15. The number of ether oxygens (including phenoxy) is 1. The van der Waals surface area contributed by atoms with Crippen molar-refractivity contribution in [3.8, 4) is 5.75 Å². The SMILES string of the molecule is COc1ccc(NC(=O)C[NH+]2C[C@@H](C)C[C@H](C)C2)c([N+](=O)[O-])c1. The van der Waals surface area contributed by atoms with Gasteiger partial charge in [0.2, 0.25) is 0 Å². The maximum Gasteiger partial charge on any atom is 0.296 e. The van der Waals surface area contributed by atoms with Gasteiger partial charge in [-0.1, -0.05) is 13.8 Å². The van der Waals surface area contributed by atoms with Crippen LogP contribution in [0.25, 0.3) is 0 Å². The Labute approximate surface area is 135 Å². The minimum Gasteiger partial charge on any atom is -0.496 e. The van der Waals surface area contributed by atoms with Crippen LogP contribution in [-0.2, 0) is 4.79 Å². The van der Waals surface area contributed by atoms with Gasteiger partial charge < -0.3 is 15.0 Å². The summed E-state index contributed by atoms with van der Waals surface area (Å²) >= 11 is 0. The summed E-state index contributed by atoms with van der Waals surface area (Å²) < 4.78 is 4.99. The van der Waals surface area contributed by atoms with E-state index in [4.69, 9.17) is 4.74 Å². The van der Waals surface area contributed by atoms with Crippen LogP contribution in [0.4, 0.5) is 11.4 Å². The van der Waals surface area contributed by atoms with E-state index in [9.17, 15) is 14.9 Å². The summed E-state index contributed by atoms with van der Waals surface area (Å²) in [6.07, 6.45) is 1.19. The summed E-state index contributed by atoms with van der Waals surface area (Å²) in [6, 6.07) is 4.42. The number of rotatable bonds is 5. The van der Waals surface area contributed by atoms with Crippen LogP contribution < -0.4 is 15.0 Å². The number of carbonyl (C=O) groups excluding carboxylic acids is 1. The molecular formula is C16H24N3O4+. The van der Waals surface area contributed by atoms with Gasteiger partial charge in [-0.05, 0) is 18.6 Å². The van der Waals surface area contributed by atoms with E-state index in [2.05, 4.69) is 19.2 Å². The van der Waals surface area contributed by atoms with Gasteiger partial charge in [0.1, 0.15) is 11.4 Å². The molecule has 1 aromatic carbocycles. The topological polar surface area (TPSA) is 85.9 Å². The van der Waals surface area contributed by atoms with Gasteiger partial charge in [0.15, 0.2) is 6.54 Å². The number of hydrogen-bond acceptors (Lipinski definition) is 4. The maximum absolute atomic E-state index is 12.2. The Morgan fingerprint density at radius 1 is 1.39 bits per heavy atom. The van der Waals surface area contributed by atoms with Crippen molar-refractivity contribution in [2.24, 2.45) is 11.8 Å². The molecule has 2 atom stereocenters. The van der Waals surface area contributed by atoms with Crippen molar-refractivity contribution in [1.82, 2.24) is 0 Å². The zero-order chi connectivity index (χ0) is 17.0. The van der Waals surface area contributed by atoms with Crippen molar-refractivity contribution in [3.05, 3.63) is 28.3 Å². The van der Waals surface area contributed by atoms with Crippen molar-refractivity contribution in [2.75, 3.05) is 32.1 Å². The number of quaternary nitrogens is 1. The fourth-order valence-corrected chi connectivity index (χ4v) is 3.38. The smallest absolute Gasteiger partial charge is 0.296 e. The quantitative estimate of drug-likeness (QED) is 0.628. The van der Waals surface area contributed by atoms with Crippen molar-refractivity contribution >= 4 is 17.3 Å². The lowest BCUT2D eigenvalue weighted by Crippen LogP contribution is -3.15. The molecule has 0 aliphatic carbocycles. The van der Waals surface area contributed by atoms with E-state index >= 15 is 0 Å². The number of amides is 1. The Kier molecular flexibility index (Phi) is 5.54. The molecule has 2 N–H and O–H groups in total. The van der Waals surface area contributed by atoms with Crippen LogP contribution in [-0.4, -0.2) is 37.6 Å². The van der Waals surface area contributed by atoms with E-state index < -0.39 is 4.92 Å². The summed E-state index contributed by atoms with van der Waals surface area (Å²) in [6.45, 7) is 6.65. The van der Waals surface area contributed by atoms with Crippen molar-refractivity contribution in [2.45, 2.75) is 20.3 Å². The van der Waals surface area contributed by atoms with Crippen LogP contribution in [0.1, 0.15) is 20.3 Å². The zero-order valence-corrected chi connectivity index (χ0v) is 13.8. The van der Waals surface area contributed by atoms with Gasteiger partial charge in [-0.2, -0.15) is 0 Å². The third-order valence-electron chi connectivity index (χ3n) is 4.17. The molecule has 0 bridgehead atoms. The van der Waals surface area contributed by atoms with Gasteiger partial charge in [-0.25, -0.2) is 0 Å². The maximum atomic E-state index is 12.2. The number of nitrogens with zero attached hydrogens (tertiary/aromatic N) is 1. The van der Waals surface area contributed by atoms with Gasteiger partial charge in [0, 0.05) is 11.8 Å². The summed E-state index contributed by atoms with van der Waals surface area (Å²) in [5, 5.41) is 13.8. The van der Waals surface area contributed by atoms with E-state index in [1.54, 1.807) is 6.07 Å². The molecule has 0 unspecified atom stereocenters. The first kappa shape index (κ1) is 17.2. The lowest BCUT2D eigenvalue weighted by atomic mass is 9.92. The fraction of sp³-hybridized carbons (Fsp3) is 0.562. The third kappa shape index (κ3) is 4.66. The molecule has 2 rings (SSSR count). The second kappa shape index (κ2) is 7.41. The average molecular weight is 322 g/mol. The molecule has 1 aliphatic heterocycles. The number of hydrogen-bond donors (Lipinski definition) is 2. The molecule has 1 saturated heterocycles. The first-order valence-electron chi connectivity index (χ1n) is 7.85. The highest BCUT2D eigenvalue weighted by atomic mass is 16.6. The standard InChI is InChI=1S/C16H23N3O4/c1-11-6-12(2)9-18(8-11)10-16(20)17-14-5-4-13(23-3)7-15(14)19(21)22/h4-5,7,11-12H,6,8-10H2,1-3H3,(H,17,20)/p+1/t11-,12-/m0/s1. The minimum absolute atomic E-state index is 0.159. The zero-order valence-electron chi connectivity index (χ0n) is 13.8. The Morgan fingerprint density at radius 3 is 2.61 bits per heavy atom. The first-order chi connectivity index (χ1) is 10.9. The van der Waals surface area contributed by atoms with Crippen molar-refractivity contribution in [3.63, 3.8) is 0 Å². The molecule has 1 aromatic rings. The van der Waals surface area contributed by atoms with Crippen LogP contribution in [0, 0.1) is 22.0 Å². The average Bonchev–Trinajstić information content (AvgIpc) is 2.46.